The van der Waals surface area contributed by atoms with Crippen molar-refractivity contribution in [1.29, 1.82) is 5.26 Å². The summed E-state index contributed by atoms with van der Waals surface area (Å²) in [5.74, 6) is -0.859. The molecule has 1 saturated heterocycles. The Bertz CT molecular complexity index is 1110. The Morgan fingerprint density at radius 1 is 1.16 bits per heavy atom. The molecule has 0 saturated carbocycles. The number of fused-ring (bicyclic) bond motifs is 1. The Morgan fingerprint density at radius 2 is 1.88 bits per heavy atom. The number of pyridine rings is 1. The predicted octanol–water partition coefficient (Wildman–Crippen LogP) is 2.78. The lowest BCUT2D eigenvalue weighted by atomic mass is 9.92. The number of methoxy groups -OCH3 is 2. The quantitative estimate of drug-likeness (QED) is 0.572. The molecule has 2 aliphatic heterocycles. The molecule has 1 fully saturated rings. The molecule has 1 aromatic heterocycles. The van der Waals surface area contributed by atoms with Crippen LogP contribution in [0.1, 0.15) is 29.9 Å². The monoisotopic (exact) mass is 432 g/mol. The number of carbonyl (C=O) groups is 2. The SMILES string of the molecule is COc1cnc(OC)c2c1C(C(=O)C(=O)N1CCC(=C(C#N)c3ccccc3)CC1)CN2. The van der Waals surface area contributed by atoms with Gasteiger partial charge in [0, 0.05) is 25.2 Å². The van der Waals surface area contributed by atoms with Crippen molar-refractivity contribution in [3.8, 4) is 17.7 Å². The van der Waals surface area contributed by atoms with Gasteiger partial charge in [0.15, 0.2) is 0 Å². The molecule has 1 unspecified atom stereocenters. The van der Waals surface area contributed by atoms with Crippen LogP contribution in [-0.2, 0) is 9.59 Å². The number of allylic oxidation sites excluding steroid dienone is 1. The fraction of sp³-hybridized carbons (Fsp3) is 0.333. The standard InChI is InChI=1S/C24H24N4O4/c1-31-19-14-27-23(32-2)21-20(19)18(13-26-21)22(29)24(30)28-10-8-16(9-11-28)17(12-25)15-6-4-3-5-7-15/h3-7,14,18,26H,8-11,13H2,1-2H3. The molecule has 0 radical (unpaired) electrons. The minimum absolute atomic E-state index is 0.282. The molecule has 8 nitrogen and oxygen atoms in total. The second kappa shape index (κ2) is 9.10. The number of ether oxygens (including phenoxy) is 2. The summed E-state index contributed by atoms with van der Waals surface area (Å²) in [6, 6.07) is 11.8. The fourth-order valence-electron chi connectivity index (χ4n) is 4.34. The molecule has 2 aromatic rings. The first-order valence-corrected chi connectivity index (χ1v) is 10.4. The smallest absolute Gasteiger partial charge is 0.290 e. The first-order valence-electron chi connectivity index (χ1n) is 10.4. The summed E-state index contributed by atoms with van der Waals surface area (Å²) < 4.78 is 10.7. The molecular formula is C24H24N4O4. The van der Waals surface area contributed by atoms with Crippen LogP contribution in [0.4, 0.5) is 5.69 Å². The molecule has 2 aliphatic rings. The van der Waals surface area contributed by atoms with Gasteiger partial charge in [0.25, 0.3) is 5.91 Å². The van der Waals surface area contributed by atoms with Crippen molar-refractivity contribution in [2.24, 2.45) is 0 Å². The summed E-state index contributed by atoms with van der Waals surface area (Å²) in [7, 11) is 3.00. The number of Topliss-reactive ketones (excluding diaryl/α,β-unsaturated/α-hetero) is 1. The number of aromatic nitrogens is 1. The highest BCUT2D eigenvalue weighted by atomic mass is 16.5. The number of piperidine rings is 1. The fourth-order valence-corrected chi connectivity index (χ4v) is 4.34. The third-order valence-corrected chi connectivity index (χ3v) is 6.00. The number of carbonyl (C=O) groups excluding carboxylic acids is 2. The van der Waals surface area contributed by atoms with Crippen LogP contribution in [0, 0.1) is 11.3 Å². The molecule has 0 spiro atoms. The molecule has 8 heteroatoms. The lowest BCUT2D eigenvalue weighted by Gasteiger charge is -2.29. The van der Waals surface area contributed by atoms with Crippen molar-refractivity contribution >= 4 is 23.0 Å². The van der Waals surface area contributed by atoms with Crippen molar-refractivity contribution in [2.75, 3.05) is 39.2 Å². The maximum absolute atomic E-state index is 13.2. The van der Waals surface area contributed by atoms with Gasteiger partial charge in [-0.25, -0.2) is 4.98 Å². The van der Waals surface area contributed by atoms with E-state index in [1.54, 1.807) is 4.90 Å². The molecule has 0 bridgehead atoms. The molecule has 1 amide bonds. The van der Waals surface area contributed by atoms with Crippen LogP contribution >= 0.6 is 0 Å². The van der Waals surface area contributed by atoms with Crippen molar-refractivity contribution in [3.63, 3.8) is 0 Å². The number of benzene rings is 1. The Morgan fingerprint density at radius 3 is 2.50 bits per heavy atom. The highest BCUT2D eigenvalue weighted by molar-refractivity contribution is 6.38. The third kappa shape index (κ3) is 3.78. The number of amides is 1. The molecule has 3 heterocycles. The van der Waals surface area contributed by atoms with E-state index in [1.165, 1.54) is 20.4 Å². The Hall–Kier alpha value is -3.86. The van der Waals surface area contributed by atoms with Crippen LogP contribution in [0.3, 0.4) is 0 Å². The minimum Gasteiger partial charge on any atom is -0.495 e. The molecule has 32 heavy (non-hydrogen) atoms. The van der Waals surface area contributed by atoms with Gasteiger partial charge in [-0.3, -0.25) is 9.59 Å². The topological polar surface area (TPSA) is 105 Å². The van der Waals surface area contributed by atoms with Crippen LogP contribution in [-0.4, -0.2) is 55.4 Å². The van der Waals surface area contributed by atoms with Crippen LogP contribution < -0.4 is 14.8 Å². The van der Waals surface area contributed by atoms with Gasteiger partial charge in [0.1, 0.15) is 11.4 Å². The van der Waals surface area contributed by atoms with Gasteiger partial charge in [-0.2, -0.15) is 5.26 Å². The van der Waals surface area contributed by atoms with Crippen LogP contribution in [0.2, 0.25) is 0 Å². The number of hydrogen-bond donors (Lipinski definition) is 1. The molecule has 4 rings (SSSR count). The molecule has 1 atom stereocenters. The average Bonchev–Trinajstić information content (AvgIpc) is 3.29. The van der Waals surface area contributed by atoms with E-state index in [0.29, 0.717) is 54.4 Å². The molecule has 0 aliphatic carbocycles. The minimum atomic E-state index is -0.666. The number of rotatable bonds is 5. The normalized spacial score (nSPS) is 17.1. The highest BCUT2D eigenvalue weighted by Crippen LogP contribution is 2.43. The number of nitrogens with zero attached hydrogens (tertiary/aromatic N) is 3. The van der Waals surface area contributed by atoms with Crippen LogP contribution in [0.15, 0.2) is 42.1 Å². The van der Waals surface area contributed by atoms with Crippen LogP contribution in [0.5, 0.6) is 11.6 Å². The van der Waals surface area contributed by atoms with Gasteiger partial charge >= 0.3 is 0 Å². The second-order valence-electron chi connectivity index (χ2n) is 7.67. The number of anilines is 1. The Balaban J connectivity index is 1.50. The zero-order chi connectivity index (χ0) is 22.7. The van der Waals surface area contributed by atoms with Crippen molar-refractivity contribution in [1.82, 2.24) is 9.88 Å². The van der Waals surface area contributed by atoms with Gasteiger partial charge in [-0.05, 0) is 24.0 Å². The Kier molecular flexibility index (Phi) is 6.08. The van der Waals surface area contributed by atoms with Gasteiger partial charge in [-0.15, -0.1) is 0 Å². The van der Waals surface area contributed by atoms with Gasteiger partial charge < -0.3 is 19.7 Å². The molecule has 1 N–H and O–H groups in total. The van der Waals surface area contributed by atoms with Gasteiger partial charge in [0.05, 0.1) is 38.0 Å². The van der Waals surface area contributed by atoms with E-state index >= 15 is 0 Å². The zero-order valence-corrected chi connectivity index (χ0v) is 18.1. The lowest BCUT2D eigenvalue weighted by molar-refractivity contribution is -0.145. The van der Waals surface area contributed by atoms with E-state index < -0.39 is 17.6 Å². The van der Waals surface area contributed by atoms with E-state index in [-0.39, 0.29) is 6.54 Å². The van der Waals surface area contributed by atoms with E-state index in [1.807, 2.05) is 30.3 Å². The van der Waals surface area contributed by atoms with E-state index in [9.17, 15) is 14.9 Å². The lowest BCUT2D eigenvalue weighted by Crippen LogP contribution is -2.42. The summed E-state index contributed by atoms with van der Waals surface area (Å²) in [5, 5.41) is 12.8. The van der Waals surface area contributed by atoms with E-state index in [4.69, 9.17) is 9.47 Å². The summed E-state index contributed by atoms with van der Waals surface area (Å²) in [5.41, 5.74) is 3.74. The average molecular weight is 432 g/mol. The first kappa shape index (κ1) is 21.4. The number of nitriles is 1. The maximum Gasteiger partial charge on any atom is 0.290 e. The van der Waals surface area contributed by atoms with Crippen molar-refractivity contribution in [3.05, 3.63) is 53.2 Å². The van der Waals surface area contributed by atoms with Crippen molar-refractivity contribution < 1.29 is 19.1 Å². The molecule has 1 aromatic carbocycles. The number of hydrogen-bond acceptors (Lipinski definition) is 7. The summed E-state index contributed by atoms with van der Waals surface area (Å²) in [4.78, 5) is 32.0. The zero-order valence-electron chi connectivity index (χ0n) is 18.1. The van der Waals surface area contributed by atoms with Crippen LogP contribution in [0.25, 0.3) is 5.57 Å². The third-order valence-electron chi connectivity index (χ3n) is 6.00. The first-order chi connectivity index (χ1) is 15.6. The molecular weight excluding hydrogens is 408 g/mol. The van der Waals surface area contributed by atoms with Gasteiger partial charge in [-0.1, -0.05) is 30.3 Å². The number of nitrogens with one attached hydrogen (secondary N) is 1. The second-order valence-corrected chi connectivity index (χ2v) is 7.67. The van der Waals surface area contributed by atoms with E-state index in [0.717, 1.165) is 11.1 Å². The number of ketones is 1. The van der Waals surface area contributed by atoms with E-state index in [2.05, 4.69) is 16.4 Å². The maximum atomic E-state index is 13.2. The predicted molar refractivity (Wildman–Crippen MR) is 118 cm³/mol. The molecule has 164 valence electrons. The summed E-state index contributed by atoms with van der Waals surface area (Å²) in [6.45, 7) is 1.09. The summed E-state index contributed by atoms with van der Waals surface area (Å²) in [6.07, 6.45) is 2.63. The summed E-state index contributed by atoms with van der Waals surface area (Å²) >= 11 is 0. The largest absolute Gasteiger partial charge is 0.495 e. The van der Waals surface area contributed by atoms with Gasteiger partial charge in [0.2, 0.25) is 11.7 Å². The number of likely N-dealkylation sites (tertiary alicyclic amines) is 1. The van der Waals surface area contributed by atoms with Crippen molar-refractivity contribution in [2.45, 2.75) is 18.8 Å². The highest BCUT2D eigenvalue weighted by Gasteiger charge is 2.39. The Labute approximate surface area is 186 Å².